The highest BCUT2D eigenvalue weighted by Crippen LogP contribution is 2.22. The number of ether oxygens (including phenoxy) is 1. The molecule has 4 aromatic rings. The van der Waals surface area contributed by atoms with Crippen LogP contribution >= 0.6 is 11.8 Å². The van der Waals surface area contributed by atoms with E-state index in [2.05, 4.69) is 28.0 Å². The molecule has 0 aliphatic heterocycles. The van der Waals surface area contributed by atoms with E-state index in [1.165, 1.54) is 35.4 Å². The molecule has 0 spiro atoms. The first-order valence-electron chi connectivity index (χ1n) is 11.4. The molecule has 0 atom stereocenters. The van der Waals surface area contributed by atoms with Gasteiger partial charge in [-0.05, 0) is 83.9 Å². The Balaban J connectivity index is 1.20. The Morgan fingerprint density at radius 2 is 1.57 bits per heavy atom. The Morgan fingerprint density at radius 3 is 2.27 bits per heavy atom. The highest BCUT2D eigenvalue weighted by molar-refractivity contribution is 7.98. The number of thioether (sulfide) groups is 1. The lowest BCUT2D eigenvalue weighted by Crippen LogP contribution is -2.20. The average molecular weight is 514 g/mol. The van der Waals surface area contributed by atoms with Gasteiger partial charge in [0.05, 0.1) is 6.21 Å². The Kier molecular flexibility index (Phi) is 9.04. The van der Waals surface area contributed by atoms with Gasteiger partial charge in [0.1, 0.15) is 11.6 Å². The van der Waals surface area contributed by atoms with Crippen LogP contribution in [0, 0.1) is 5.82 Å². The van der Waals surface area contributed by atoms with E-state index >= 15 is 0 Å². The summed E-state index contributed by atoms with van der Waals surface area (Å²) in [7, 11) is 0. The third-order valence-corrected chi connectivity index (χ3v) is 6.21. The van der Waals surface area contributed by atoms with Gasteiger partial charge in [-0.25, -0.2) is 9.82 Å². The molecule has 0 aliphatic carbocycles. The van der Waals surface area contributed by atoms with Crippen molar-refractivity contribution in [2.75, 3.05) is 11.9 Å². The monoisotopic (exact) mass is 513 g/mol. The Hall–Kier alpha value is -4.43. The van der Waals surface area contributed by atoms with Crippen LogP contribution in [0.25, 0.3) is 0 Å². The van der Waals surface area contributed by atoms with Gasteiger partial charge in [0.2, 0.25) is 0 Å². The van der Waals surface area contributed by atoms with Crippen LogP contribution in [0.2, 0.25) is 0 Å². The van der Waals surface area contributed by atoms with Gasteiger partial charge in [0.15, 0.2) is 6.61 Å². The van der Waals surface area contributed by atoms with Crippen LogP contribution in [0.15, 0.2) is 113 Å². The second kappa shape index (κ2) is 13.0. The highest BCUT2D eigenvalue weighted by atomic mass is 32.2. The summed E-state index contributed by atoms with van der Waals surface area (Å²) in [5, 5.41) is 6.64. The van der Waals surface area contributed by atoms with Crippen molar-refractivity contribution in [2.24, 2.45) is 5.10 Å². The minimum Gasteiger partial charge on any atom is -0.484 e. The summed E-state index contributed by atoms with van der Waals surface area (Å²) < 4.78 is 18.4. The summed E-state index contributed by atoms with van der Waals surface area (Å²) >= 11 is 1.74. The smallest absolute Gasteiger partial charge is 0.271 e. The summed E-state index contributed by atoms with van der Waals surface area (Å²) in [6.45, 7) is -0.190. The molecule has 0 saturated heterocycles. The normalized spacial score (nSPS) is 10.7. The number of amides is 2. The van der Waals surface area contributed by atoms with Gasteiger partial charge in [0, 0.05) is 21.9 Å². The van der Waals surface area contributed by atoms with Gasteiger partial charge in [-0.15, -0.1) is 11.8 Å². The average Bonchev–Trinajstić information content (AvgIpc) is 2.93. The van der Waals surface area contributed by atoms with Gasteiger partial charge in [-0.3, -0.25) is 9.59 Å². The van der Waals surface area contributed by atoms with E-state index < -0.39 is 0 Å². The number of benzene rings is 4. The van der Waals surface area contributed by atoms with E-state index in [0.29, 0.717) is 17.0 Å². The SMILES string of the molecule is O=C(COc1ccc(C=NNC(=O)c2ccc(CSc3ccccc3)cc2)cc1)Nc1ccc(F)cc1. The molecule has 0 unspecified atom stereocenters. The van der Waals surface area contributed by atoms with Crippen LogP contribution < -0.4 is 15.5 Å². The van der Waals surface area contributed by atoms with E-state index in [0.717, 1.165) is 16.9 Å². The number of hydrogen-bond acceptors (Lipinski definition) is 5. The minimum absolute atomic E-state index is 0.190. The van der Waals surface area contributed by atoms with Crippen LogP contribution in [-0.2, 0) is 10.5 Å². The quantitative estimate of drug-likeness (QED) is 0.157. The van der Waals surface area contributed by atoms with Crippen molar-refractivity contribution in [3.63, 3.8) is 0 Å². The lowest BCUT2D eigenvalue weighted by molar-refractivity contribution is -0.118. The molecule has 0 radical (unpaired) electrons. The van der Waals surface area contributed by atoms with Gasteiger partial charge in [-0.2, -0.15) is 5.10 Å². The number of nitrogens with zero attached hydrogens (tertiary/aromatic N) is 1. The molecular weight excluding hydrogens is 489 g/mol. The zero-order chi connectivity index (χ0) is 25.9. The second-order valence-corrected chi connectivity index (χ2v) is 8.96. The van der Waals surface area contributed by atoms with Crippen LogP contribution in [0.1, 0.15) is 21.5 Å². The standard InChI is InChI=1S/C29H24FN3O3S/c30-24-12-14-25(15-13-24)32-28(34)19-36-26-16-8-21(9-17-26)18-31-33-29(35)23-10-6-22(7-11-23)20-37-27-4-2-1-3-5-27/h1-18H,19-20H2,(H,32,34)(H,33,35). The highest BCUT2D eigenvalue weighted by Gasteiger charge is 2.06. The largest absolute Gasteiger partial charge is 0.484 e. The lowest BCUT2D eigenvalue weighted by atomic mass is 10.1. The summed E-state index contributed by atoms with van der Waals surface area (Å²) in [5.74, 6) is 0.290. The molecule has 2 amide bonds. The molecule has 4 aromatic carbocycles. The van der Waals surface area contributed by atoms with Gasteiger partial charge in [0.25, 0.3) is 11.8 Å². The summed E-state index contributed by atoms with van der Waals surface area (Å²) in [6.07, 6.45) is 1.52. The van der Waals surface area contributed by atoms with E-state index in [4.69, 9.17) is 4.74 Å². The molecule has 8 heteroatoms. The van der Waals surface area contributed by atoms with E-state index in [9.17, 15) is 14.0 Å². The number of halogens is 1. The van der Waals surface area contributed by atoms with Gasteiger partial charge < -0.3 is 10.1 Å². The Labute approximate surface area is 218 Å². The number of rotatable bonds is 10. The van der Waals surface area contributed by atoms with Crippen LogP contribution in [0.3, 0.4) is 0 Å². The van der Waals surface area contributed by atoms with Crippen LogP contribution in [-0.4, -0.2) is 24.6 Å². The molecule has 186 valence electrons. The molecule has 4 rings (SSSR count). The van der Waals surface area contributed by atoms with Crippen LogP contribution in [0.5, 0.6) is 5.75 Å². The first kappa shape index (κ1) is 25.7. The molecule has 0 aromatic heterocycles. The molecule has 0 fully saturated rings. The first-order valence-corrected chi connectivity index (χ1v) is 12.4. The van der Waals surface area contributed by atoms with Crippen molar-refractivity contribution in [3.8, 4) is 5.75 Å². The molecule has 0 aliphatic rings. The predicted octanol–water partition coefficient (Wildman–Crippen LogP) is 5.90. The summed E-state index contributed by atoms with van der Waals surface area (Å²) in [4.78, 5) is 25.5. The van der Waals surface area contributed by atoms with Gasteiger partial charge in [-0.1, -0.05) is 30.3 Å². The fourth-order valence-electron chi connectivity index (χ4n) is 3.20. The number of carbonyl (C=O) groups excluding carboxylic acids is 2. The van der Waals surface area contributed by atoms with Crippen molar-refractivity contribution in [3.05, 3.63) is 126 Å². The lowest BCUT2D eigenvalue weighted by Gasteiger charge is -2.07. The molecule has 0 saturated carbocycles. The van der Waals surface area contributed by atoms with E-state index in [1.54, 1.807) is 48.2 Å². The second-order valence-electron chi connectivity index (χ2n) is 7.91. The number of nitrogens with one attached hydrogen (secondary N) is 2. The summed E-state index contributed by atoms with van der Waals surface area (Å²) in [6, 6.07) is 30.0. The maximum atomic E-state index is 12.9. The topological polar surface area (TPSA) is 79.8 Å². The van der Waals surface area contributed by atoms with Crippen molar-refractivity contribution in [2.45, 2.75) is 10.6 Å². The fraction of sp³-hybridized carbons (Fsp3) is 0.0690. The molecular formula is C29H24FN3O3S. The summed E-state index contributed by atoms with van der Waals surface area (Å²) in [5.41, 5.74) is 5.41. The molecule has 37 heavy (non-hydrogen) atoms. The minimum atomic E-state index is -0.375. The molecule has 2 N–H and O–H groups in total. The third-order valence-electron chi connectivity index (χ3n) is 5.12. The maximum absolute atomic E-state index is 12.9. The Morgan fingerprint density at radius 1 is 0.865 bits per heavy atom. The third kappa shape index (κ3) is 8.33. The zero-order valence-electron chi connectivity index (χ0n) is 19.8. The van der Waals surface area contributed by atoms with Crippen molar-refractivity contribution >= 4 is 35.5 Å². The fourth-order valence-corrected chi connectivity index (χ4v) is 4.07. The first-order chi connectivity index (χ1) is 18.0. The zero-order valence-corrected chi connectivity index (χ0v) is 20.6. The van der Waals surface area contributed by atoms with Gasteiger partial charge >= 0.3 is 0 Å². The van der Waals surface area contributed by atoms with Crippen molar-refractivity contribution in [1.82, 2.24) is 5.43 Å². The predicted molar refractivity (Wildman–Crippen MR) is 144 cm³/mol. The number of anilines is 1. The molecule has 0 heterocycles. The van der Waals surface area contributed by atoms with E-state index in [1.807, 2.05) is 30.3 Å². The number of carbonyl (C=O) groups is 2. The number of hydrogen-bond donors (Lipinski definition) is 2. The van der Waals surface area contributed by atoms with Crippen LogP contribution in [0.4, 0.5) is 10.1 Å². The van der Waals surface area contributed by atoms with Crippen molar-refractivity contribution < 1.29 is 18.7 Å². The molecule has 0 bridgehead atoms. The van der Waals surface area contributed by atoms with Crippen molar-refractivity contribution in [1.29, 1.82) is 0 Å². The maximum Gasteiger partial charge on any atom is 0.271 e. The Bertz CT molecular complexity index is 1340. The van der Waals surface area contributed by atoms with E-state index in [-0.39, 0.29) is 24.2 Å². The number of hydrazone groups is 1. The molecule has 6 nitrogen and oxygen atoms in total.